The van der Waals surface area contributed by atoms with Crippen molar-refractivity contribution in [1.29, 1.82) is 5.41 Å². The molecule has 0 rings (SSSR count). The number of hydrogen-bond donors (Lipinski definition) is 2. The number of carboxylic acids is 1. The minimum absolute atomic E-state index is 0. The zero-order chi connectivity index (χ0) is 8.85. The summed E-state index contributed by atoms with van der Waals surface area (Å²) < 4.78 is 0. The second-order valence-electron chi connectivity index (χ2n) is 2.09. The Morgan fingerprint density at radius 3 is 2.08 bits per heavy atom. The first-order valence-corrected chi connectivity index (χ1v) is 3.55. The first-order valence-electron chi connectivity index (χ1n) is 3.55. The van der Waals surface area contributed by atoms with Gasteiger partial charge in [0.05, 0.1) is 0 Å². The van der Waals surface area contributed by atoms with E-state index in [2.05, 4.69) is 6.08 Å². The Bertz CT molecular complexity index is 200. The van der Waals surface area contributed by atoms with Crippen LogP contribution in [0.3, 0.4) is 0 Å². The van der Waals surface area contributed by atoms with E-state index in [0.717, 1.165) is 0 Å². The molecule has 2 N–H and O–H groups in total. The van der Waals surface area contributed by atoms with Gasteiger partial charge < -0.3 is 17.9 Å². The van der Waals surface area contributed by atoms with E-state index in [1.54, 1.807) is 0 Å². The first-order chi connectivity index (χ1) is 5.11. The van der Waals surface area contributed by atoms with Crippen molar-refractivity contribution in [2.45, 2.75) is 26.7 Å². The Kier molecular flexibility index (Phi) is 14.3. The fraction of sp³-hybridized carbons (Fsp3) is 0.444. The van der Waals surface area contributed by atoms with Crippen molar-refractivity contribution in [2.24, 2.45) is 0 Å². The molecule has 0 amide bonds. The van der Waals surface area contributed by atoms with Gasteiger partial charge in [-0.05, 0) is 0 Å². The van der Waals surface area contributed by atoms with E-state index in [1.165, 1.54) is 0 Å². The summed E-state index contributed by atoms with van der Waals surface area (Å²) in [6, 6.07) is 0. The molecule has 0 aliphatic rings. The fourth-order valence-corrected chi connectivity index (χ4v) is 0.720. The summed E-state index contributed by atoms with van der Waals surface area (Å²) in [7, 11) is 0. The molecular weight excluding hydrogens is 177 g/mol. The van der Waals surface area contributed by atoms with Gasteiger partial charge in [-0.3, -0.25) is 4.79 Å². The molecule has 0 unspecified atom stereocenters. The fourth-order valence-electron chi connectivity index (χ4n) is 0.720. The smallest absolute Gasteiger partial charge is 0.492 e. The van der Waals surface area contributed by atoms with Crippen LogP contribution in [0.4, 0.5) is 0 Å². The van der Waals surface area contributed by atoms with Crippen LogP contribution in [0.2, 0.25) is 0 Å². The van der Waals surface area contributed by atoms with Gasteiger partial charge in [-0.25, -0.2) is 0 Å². The number of aliphatic carboxylic acids is 1. The summed E-state index contributed by atoms with van der Waals surface area (Å²) in [5.41, 5.74) is 0.843. The number of carboxylic acid groups (broad SMARTS) is 1. The number of nitrogens with one attached hydrogen (secondary N) is 1. The summed E-state index contributed by atoms with van der Waals surface area (Å²) in [6.45, 7) is 3.64. The maximum Gasteiger partial charge on any atom is 1.00 e. The van der Waals surface area contributed by atoms with Crippen molar-refractivity contribution in [3.05, 3.63) is 19.1 Å². The van der Waals surface area contributed by atoms with Crippen molar-refractivity contribution in [2.75, 3.05) is 0 Å². The maximum absolute atomic E-state index is 10.2. The van der Waals surface area contributed by atoms with E-state index in [1.807, 2.05) is 13.8 Å². The monoisotopic (exact) mass is 192 g/mol. The molecule has 0 fully saturated rings. The third-order valence-corrected chi connectivity index (χ3v) is 1.33. The summed E-state index contributed by atoms with van der Waals surface area (Å²) in [4.78, 5) is 10.2. The number of rotatable bonds is 4. The van der Waals surface area contributed by atoms with Crippen LogP contribution in [0.25, 0.3) is 0 Å². The van der Waals surface area contributed by atoms with Gasteiger partial charge in [-0.2, -0.15) is 11.6 Å². The molecule has 70 valence electrons. The Labute approximate surface area is 102 Å². The summed E-state index contributed by atoms with van der Waals surface area (Å²) >= 11 is 0. The van der Waals surface area contributed by atoms with Gasteiger partial charge in [-0.15, -0.1) is 5.71 Å². The molecule has 3 nitrogen and oxygen atoms in total. The third-order valence-electron chi connectivity index (χ3n) is 1.33. The molecule has 0 heterocycles. The van der Waals surface area contributed by atoms with Gasteiger partial charge in [0.25, 0.3) is 0 Å². The molecule has 0 aliphatic carbocycles. The van der Waals surface area contributed by atoms with Crippen molar-refractivity contribution in [3.63, 3.8) is 0 Å². The summed E-state index contributed by atoms with van der Waals surface area (Å²) in [5.74, 6) is -1.10. The van der Waals surface area contributed by atoms with Crippen LogP contribution in [0.5, 0.6) is 0 Å². The summed E-state index contributed by atoms with van der Waals surface area (Å²) in [6.07, 6.45) is 3.30. The number of hydrogen-bond acceptors (Lipinski definition) is 2. The van der Waals surface area contributed by atoms with Crippen molar-refractivity contribution < 1.29 is 39.5 Å². The van der Waals surface area contributed by atoms with Gasteiger partial charge in [0, 0.05) is 0 Å². The Hall–Kier alpha value is -0.120. The molecule has 0 aromatic rings. The van der Waals surface area contributed by atoms with Crippen molar-refractivity contribution >= 4 is 11.7 Å². The van der Waals surface area contributed by atoms with E-state index in [4.69, 9.17) is 10.5 Å². The van der Waals surface area contributed by atoms with Gasteiger partial charge in [0.2, 0.25) is 5.97 Å². The second-order valence-corrected chi connectivity index (χ2v) is 2.09. The number of allylic oxidation sites excluding steroid dienone is 1. The Balaban J connectivity index is -0.000000500. The van der Waals surface area contributed by atoms with Crippen LogP contribution in [-0.4, -0.2) is 16.8 Å². The predicted octanol–water partition coefficient (Wildman–Crippen LogP) is -0.905. The molecule has 0 aromatic carbocycles. The molecule has 4 heteroatoms. The van der Waals surface area contributed by atoms with E-state index < -0.39 is 5.97 Å². The van der Waals surface area contributed by atoms with Crippen LogP contribution in [0.1, 0.15) is 26.7 Å². The topological polar surface area (TPSA) is 61.2 Å². The van der Waals surface area contributed by atoms with E-state index >= 15 is 0 Å². The maximum atomic E-state index is 10.2. The van der Waals surface area contributed by atoms with Crippen LogP contribution >= 0.6 is 0 Å². The molecule has 0 saturated heterocycles. The SMILES string of the molecule is CCC(=N)C(=[C-]C(=O)O)CC.[CH3-].[Na+]. The predicted molar refractivity (Wildman–Crippen MR) is 49.1 cm³/mol. The van der Waals surface area contributed by atoms with Gasteiger partial charge in [-0.1, -0.05) is 26.7 Å². The average Bonchev–Trinajstić information content (AvgIpc) is 1.98. The van der Waals surface area contributed by atoms with Crippen LogP contribution < -0.4 is 29.6 Å². The zero-order valence-corrected chi connectivity index (χ0v) is 10.8. The minimum Gasteiger partial charge on any atom is -0.492 e. The molecular formula is C9H15NNaO2-. The molecule has 0 spiro atoms. The van der Waals surface area contributed by atoms with Gasteiger partial charge >= 0.3 is 29.6 Å². The number of carbonyl (C=O) groups is 1. The molecule has 0 atom stereocenters. The molecule has 0 aliphatic heterocycles. The van der Waals surface area contributed by atoms with E-state index in [9.17, 15) is 4.79 Å². The van der Waals surface area contributed by atoms with Gasteiger partial charge in [0.1, 0.15) is 0 Å². The van der Waals surface area contributed by atoms with Crippen molar-refractivity contribution in [3.8, 4) is 0 Å². The van der Waals surface area contributed by atoms with Crippen molar-refractivity contribution in [1.82, 2.24) is 0 Å². The van der Waals surface area contributed by atoms with Crippen LogP contribution in [0, 0.1) is 18.9 Å². The quantitative estimate of drug-likeness (QED) is 0.262. The van der Waals surface area contributed by atoms with E-state index in [0.29, 0.717) is 24.1 Å². The molecule has 0 saturated carbocycles. The average molecular weight is 192 g/mol. The molecule has 0 aromatic heterocycles. The molecule has 0 radical (unpaired) electrons. The van der Waals surface area contributed by atoms with E-state index in [-0.39, 0.29) is 37.0 Å². The molecule has 0 bridgehead atoms. The zero-order valence-electron chi connectivity index (χ0n) is 8.77. The Morgan fingerprint density at radius 2 is 1.85 bits per heavy atom. The Morgan fingerprint density at radius 1 is 1.38 bits per heavy atom. The van der Waals surface area contributed by atoms with Crippen LogP contribution in [0.15, 0.2) is 5.57 Å². The third kappa shape index (κ3) is 8.22. The standard InChI is InChI=1S/C8H12NO2.CH3.Na/c1-3-6(5-8(10)11)7(9)4-2;;/h9H,3-4H2,1-2H3,(H,10,11);1H3;/q2*-1;+1. The van der Waals surface area contributed by atoms with Crippen LogP contribution in [-0.2, 0) is 4.79 Å². The second kappa shape index (κ2) is 9.96. The molecule has 13 heavy (non-hydrogen) atoms. The van der Waals surface area contributed by atoms with Gasteiger partial charge in [0.15, 0.2) is 0 Å². The summed E-state index contributed by atoms with van der Waals surface area (Å²) in [5, 5.41) is 15.7. The largest absolute Gasteiger partial charge is 1.00 e. The first kappa shape index (κ1) is 18.6. The normalized spacial score (nSPS) is 9.54. The minimum atomic E-state index is -1.10.